The van der Waals surface area contributed by atoms with E-state index in [4.69, 9.17) is 0 Å². The van der Waals surface area contributed by atoms with Crippen molar-refractivity contribution >= 4 is 47.4 Å². The molecule has 0 bridgehead atoms. The minimum atomic E-state index is 0.324. The zero-order valence-corrected chi connectivity index (χ0v) is 10.1. The lowest BCUT2D eigenvalue weighted by Gasteiger charge is -1.93. The number of benzene rings is 2. The number of aromatic hydroxyl groups is 1. The molecule has 1 nitrogen and oxygen atoms in total. The summed E-state index contributed by atoms with van der Waals surface area (Å²) in [5.41, 5.74) is 0. The van der Waals surface area contributed by atoms with Crippen molar-refractivity contribution in [1.82, 2.24) is 0 Å². The average Bonchev–Trinajstić information content (AvgIpc) is 2.57. The van der Waals surface area contributed by atoms with Gasteiger partial charge in [-0.1, -0.05) is 12.1 Å². The lowest BCUT2D eigenvalue weighted by Crippen LogP contribution is -1.67. The highest BCUT2D eigenvalue weighted by atomic mass is 79.9. The highest BCUT2D eigenvalue weighted by molar-refractivity contribution is 9.10. The van der Waals surface area contributed by atoms with Gasteiger partial charge >= 0.3 is 0 Å². The second-order valence-corrected chi connectivity index (χ2v) is 5.31. The summed E-state index contributed by atoms with van der Waals surface area (Å²) in [5.74, 6) is 0.324. The van der Waals surface area contributed by atoms with Gasteiger partial charge in [-0.25, -0.2) is 0 Å². The Hall–Kier alpha value is -1.06. The van der Waals surface area contributed by atoms with E-state index in [1.54, 1.807) is 17.4 Å². The van der Waals surface area contributed by atoms with Crippen molar-refractivity contribution in [2.75, 3.05) is 0 Å². The first-order valence-electron chi connectivity index (χ1n) is 4.55. The lowest BCUT2D eigenvalue weighted by atomic mass is 10.1. The summed E-state index contributed by atoms with van der Waals surface area (Å²) in [6, 6.07) is 11.7. The van der Waals surface area contributed by atoms with Gasteiger partial charge in [0.2, 0.25) is 0 Å². The second kappa shape index (κ2) is 3.22. The maximum Gasteiger partial charge on any atom is 0.117 e. The topological polar surface area (TPSA) is 20.2 Å². The molecule has 0 amide bonds. The third-order valence-corrected chi connectivity index (χ3v) is 4.56. The van der Waals surface area contributed by atoms with Gasteiger partial charge in [-0.15, -0.1) is 11.3 Å². The van der Waals surface area contributed by atoms with Crippen LogP contribution in [0.15, 0.2) is 40.9 Å². The van der Waals surface area contributed by atoms with E-state index in [1.807, 2.05) is 24.3 Å². The summed E-state index contributed by atoms with van der Waals surface area (Å²) in [6.45, 7) is 0. The number of rotatable bonds is 0. The van der Waals surface area contributed by atoms with Gasteiger partial charge in [0.1, 0.15) is 5.75 Å². The van der Waals surface area contributed by atoms with Crippen molar-refractivity contribution in [3.8, 4) is 5.75 Å². The molecule has 0 aliphatic rings. The van der Waals surface area contributed by atoms with Crippen LogP contribution < -0.4 is 0 Å². The van der Waals surface area contributed by atoms with Crippen LogP contribution in [0.1, 0.15) is 0 Å². The Bertz CT molecular complexity index is 657. The maximum atomic E-state index is 9.42. The van der Waals surface area contributed by atoms with Crippen molar-refractivity contribution < 1.29 is 5.11 Å². The Morgan fingerprint density at radius 1 is 1.07 bits per heavy atom. The molecule has 74 valence electrons. The fourth-order valence-electron chi connectivity index (χ4n) is 1.75. The largest absolute Gasteiger partial charge is 0.508 e. The third-order valence-electron chi connectivity index (χ3n) is 2.43. The van der Waals surface area contributed by atoms with Gasteiger partial charge in [-0.2, -0.15) is 0 Å². The summed E-state index contributed by atoms with van der Waals surface area (Å²) in [6.07, 6.45) is 0. The Morgan fingerprint density at radius 3 is 2.80 bits per heavy atom. The number of thiophene rings is 1. The van der Waals surface area contributed by atoms with Crippen molar-refractivity contribution in [3.05, 3.63) is 40.9 Å². The minimum absolute atomic E-state index is 0.324. The van der Waals surface area contributed by atoms with Crippen LogP contribution in [0, 0.1) is 0 Å². The molecule has 0 aliphatic carbocycles. The smallest absolute Gasteiger partial charge is 0.117 e. The Kier molecular flexibility index (Phi) is 1.97. The molecular weight excluding hydrogens is 272 g/mol. The SMILES string of the molecule is Oc1ccc2c(c1)sc1c(Br)cccc12. The van der Waals surface area contributed by atoms with E-state index in [2.05, 4.69) is 22.0 Å². The fraction of sp³-hybridized carbons (Fsp3) is 0. The van der Waals surface area contributed by atoms with E-state index in [9.17, 15) is 5.11 Å². The van der Waals surface area contributed by atoms with Gasteiger partial charge in [0, 0.05) is 24.6 Å². The lowest BCUT2D eigenvalue weighted by molar-refractivity contribution is 0.476. The highest BCUT2D eigenvalue weighted by Crippen LogP contribution is 2.38. The molecule has 3 heteroatoms. The molecule has 0 saturated heterocycles. The minimum Gasteiger partial charge on any atom is -0.508 e. The molecule has 3 rings (SSSR count). The highest BCUT2D eigenvalue weighted by Gasteiger charge is 2.07. The zero-order chi connectivity index (χ0) is 10.4. The predicted molar refractivity (Wildman–Crippen MR) is 68.7 cm³/mol. The summed E-state index contributed by atoms with van der Waals surface area (Å²) in [5, 5.41) is 11.9. The molecule has 0 saturated carbocycles. The maximum absolute atomic E-state index is 9.42. The molecule has 0 fully saturated rings. The molecule has 0 atom stereocenters. The number of phenolic OH excluding ortho intramolecular Hbond substituents is 1. The van der Waals surface area contributed by atoms with Crippen LogP contribution in [-0.4, -0.2) is 5.11 Å². The fourth-order valence-corrected chi connectivity index (χ4v) is 3.50. The number of hydrogen-bond acceptors (Lipinski definition) is 2. The van der Waals surface area contributed by atoms with Crippen LogP contribution in [-0.2, 0) is 0 Å². The molecule has 0 spiro atoms. The Morgan fingerprint density at radius 2 is 1.93 bits per heavy atom. The van der Waals surface area contributed by atoms with Gasteiger partial charge in [0.05, 0.1) is 0 Å². The van der Waals surface area contributed by atoms with Crippen LogP contribution in [0.5, 0.6) is 5.75 Å². The van der Waals surface area contributed by atoms with Gasteiger partial charge in [0.15, 0.2) is 0 Å². The van der Waals surface area contributed by atoms with Crippen LogP contribution in [0.4, 0.5) is 0 Å². The van der Waals surface area contributed by atoms with Gasteiger partial charge in [0.25, 0.3) is 0 Å². The molecule has 0 unspecified atom stereocenters. The average molecular weight is 279 g/mol. The van der Waals surface area contributed by atoms with E-state index >= 15 is 0 Å². The molecule has 3 aromatic rings. The van der Waals surface area contributed by atoms with Crippen LogP contribution in [0.25, 0.3) is 20.2 Å². The van der Waals surface area contributed by atoms with Crippen molar-refractivity contribution in [1.29, 1.82) is 0 Å². The first-order chi connectivity index (χ1) is 7.25. The van der Waals surface area contributed by atoms with E-state index in [-0.39, 0.29) is 0 Å². The van der Waals surface area contributed by atoms with Crippen molar-refractivity contribution in [2.24, 2.45) is 0 Å². The van der Waals surface area contributed by atoms with Crippen LogP contribution in [0.2, 0.25) is 0 Å². The summed E-state index contributed by atoms with van der Waals surface area (Å²) in [4.78, 5) is 0. The number of halogens is 1. The molecule has 2 aromatic carbocycles. The first-order valence-corrected chi connectivity index (χ1v) is 6.16. The third kappa shape index (κ3) is 1.34. The quantitative estimate of drug-likeness (QED) is 0.641. The number of fused-ring (bicyclic) bond motifs is 3. The molecule has 1 aromatic heterocycles. The molecular formula is C12H7BrOS. The second-order valence-electron chi connectivity index (χ2n) is 3.40. The van der Waals surface area contributed by atoms with Gasteiger partial charge < -0.3 is 5.11 Å². The van der Waals surface area contributed by atoms with E-state index in [0.717, 1.165) is 9.17 Å². The normalized spacial score (nSPS) is 11.3. The Labute approximate surface area is 99.1 Å². The number of phenols is 1. The van der Waals surface area contributed by atoms with E-state index in [1.165, 1.54) is 15.5 Å². The molecule has 15 heavy (non-hydrogen) atoms. The van der Waals surface area contributed by atoms with Gasteiger partial charge in [-0.3, -0.25) is 0 Å². The zero-order valence-electron chi connectivity index (χ0n) is 7.70. The number of hydrogen-bond donors (Lipinski definition) is 1. The van der Waals surface area contributed by atoms with Crippen LogP contribution >= 0.6 is 27.3 Å². The molecule has 0 radical (unpaired) electrons. The predicted octanol–water partition coefficient (Wildman–Crippen LogP) is 4.52. The standard InChI is InChI=1S/C12H7BrOS/c13-10-3-1-2-9-8-5-4-7(14)6-11(8)15-12(9)10/h1-6,14H. The van der Waals surface area contributed by atoms with Crippen molar-refractivity contribution in [3.63, 3.8) is 0 Å². The molecule has 0 aliphatic heterocycles. The summed E-state index contributed by atoms with van der Waals surface area (Å²) < 4.78 is 3.47. The monoisotopic (exact) mass is 278 g/mol. The van der Waals surface area contributed by atoms with Crippen LogP contribution in [0.3, 0.4) is 0 Å². The molecule has 1 heterocycles. The first kappa shape index (κ1) is 9.19. The van der Waals surface area contributed by atoms with E-state index in [0.29, 0.717) is 5.75 Å². The van der Waals surface area contributed by atoms with Gasteiger partial charge in [-0.05, 0) is 40.2 Å². The Balaban J connectivity index is 2.57. The van der Waals surface area contributed by atoms with E-state index < -0.39 is 0 Å². The summed E-state index contributed by atoms with van der Waals surface area (Å²) >= 11 is 5.24. The summed E-state index contributed by atoms with van der Waals surface area (Å²) in [7, 11) is 0. The molecule has 1 N–H and O–H groups in total. The van der Waals surface area contributed by atoms with Crippen molar-refractivity contribution in [2.45, 2.75) is 0 Å².